The first kappa shape index (κ1) is 15.2. The van der Waals surface area contributed by atoms with Gasteiger partial charge in [-0.25, -0.2) is 0 Å². The van der Waals surface area contributed by atoms with Crippen LogP contribution in [-0.4, -0.2) is 0 Å². The minimum absolute atomic E-state index is 0.0464. The van der Waals surface area contributed by atoms with Gasteiger partial charge in [-0.15, -0.1) is 11.3 Å². The van der Waals surface area contributed by atoms with Crippen LogP contribution in [0.15, 0.2) is 24.3 Å². The Hall–Kier alpha value is -1.20. The number of hydrogen-bond acceptors (Lipinski definition) is 2. The summed E-state index contributed by atoms with van der Waals surface area (Å²) in [5.74, 6) is 0. The molecule has 1 N–H and O–H groups in total. The lowest BCUT2D eigenvalue weighted by molar-refractivity contribution is -0.136. The third-order valence-corrected chi connectivity index (χ3v) is 4.14. The fraction of sp³-hybridized carbons (Fsp3) is 0.286. The Morgan fingerprint density at radius 2 is 1.90 bits per heavy atom. The molecule has 0 radical (unpaired) electrons. The van der Waals surface area contributed by atoms with Gasteiger partial charge in [-0.3, -0.25) is 0 Å². The van der Waals surface area contributed by atoms with E-state index in [1.807, 2.05) is 19.9 Å². The van der Waals surface area contributed by atoms with Crippen molar-refractivity contribution in [1.29, 1.82) is 0 Å². The van der Waals surface area contributed by atoms with Crippen molar-refractivity contribution in [3.8, 4) is 0 Å². The molecule has 0 atom stereocenters. The van der Waals surface area contributed by atoms with Crippen LogP contribution in [0.5, 0.6) is 0 Å². The highest BCUT2D eigenvalue weighted by molar-refractivity contribution is 7.12. The van der Waals surface area contributed by atoms with Gasteiger partial charge < -0.3 is 5.32 Å². The molecule has 0 spiro atoms. The highest BCUT2D eigenvalue weighted by Crippen LogP contribution is 2.36. The van der Waals surface area contributed by atoms with Gasteiger partial charge in [-0.1, -0.05) is 11.6 Å². The topological polar surface area (TPSA) is 12.0 Å². The number of alkyl halides is 3. The van der Waals surface area contributed by atoms with Gasteiger partial charge in [-0.05, 0) is 43.7 Å². The van der Waals surface area contributed by atoms with Crippen LogP contribution in [0.1, 0.15) is 20.9 Å². The van der Waals surface area contributed by atoms with Crippen LogP contribution >= 0.6 is 22.9 Å². The summed E-state index contributed by atoms with van der Waals surface area (Å²) in [5.41, 5.74) is 0.315. The van der Waals surface area contributed by atoms with E-state index in [-0.39, 0.29) is 10.7 Å². The van der Waals surface area contributed by atoms with Crippen molar-refractivity contribution in [2.45, 2.75) is 26.6 Å². The largest absolute Gasteiger partial charge is 0.418 e. The van der Waals surface area contributed by atoms with Gasteiger partial charge in [0.2, 0.25) is 0 Å². The summed E-state index contributed by atoms with van der Waals surface area (Å²) in [4.78, 5) is 2.25. The van der Waals surface area contributed by atoms with Crippen LogP contribution in [0.3, 0.4) is 0 Å². The second-order valence-electron chi connectivity index (χ2n) is 4.48. The number of halogens is 4. The summed E-state index contributed by atoms with van der Waals surface area (Å²) < 4.78 is 38.8. The van der Waals surface area contributed by atoms with Gasteiger partial charge in [0.15, 0.2) is 0 Å². The fourth-order valence-electron chi connectivity index (χ4n) is 1.95. The second-order valence-corrected chi connectivity index (χ2v) is 6.38. The van der Waals surface area contributed by atoms with Crippen LogP contribution in [0, 0.1) is 13.8 Å². The standard InChI is InChI=1S/C14H13ClF3NS/c1-8-5-10(9(2)20-8)7-19-13-4-3-11(15)6-12(13)14(16,17)18/h3-6,19H,7H2,1-2H3. The number of benzene rings is 1. The zero-order valence-electron chi connectivity index (χ0n) is 10.9. The van der Waals surface area contributed by atoms with Crippen molar-refractivity contribution in [3.05, 3.63) is 50.2 Å². The summed E-state index contributed by atoms with van der Waals surface area (Å²) in [6.45, 7) is 4.30. The molecule has 0 saturated heterocycles. The predicted octanol–water partition coefficient (Wildman–Crippen LogP) is 5.65. The number of rotatable bonds is 3. The zero-order valence-corrected chi connectivity index (χ0v) is 12.5. The molecular weight excluding hydrogens is 307 g/mol. The van der Waals surface area contributed by atoms with Gasteiger partial charge in [0.1, 0.15) is 0 Å². The molecule has 1 nitrogen and oxygen atoms in total. The van der Waals surface area contributed by atoms with E-state index in [4.69, 9.17) is 11.6 Å². The van der Waals surface area contributed by atoms with Crippen LogP contribution in [0.2, 0.25) is 5.02 Å². The van der Waals surface area contributed by atoms with Gasteiger partial charge in [0.25, 0.3) is 0 Å². The van der Waals surface area contributed by atoms with E-state index in [0.29, 0.717) is 6.54 Å². The maximum Gasteiger partial charge on any atom is 0.418 e. The lowest BCUT2D eigenvalue weighted by Crippen LogP contribution is -2.10. The minimum atomic E-state index is -4.42. The molecule has 2 rings (SSSR count). The Kier molecular flexibility index (Phi) is 4.30. The predicted molar refractivity (Wildman–Crippen MR) is 77.6 cm³/mol. The van der Waals surface area contributed by atoms with Crippen molar-refractivity contribution in [1.82, 2.24) is 0 Å². The zero-order chi connectivity index (χ0) is 14.9. The van der Waals surface area contributed by atoms with Gasteiger partial charge in [-0.2, -0.15) is 13.2 Å². The molecule has 1 aromatic heterocycles. The summed E-state index contributed by atoms with van der Waals surface area (Å²) in [7, 11) is 0. The maximum atomic E-state index is 12.9. The van der Waals surface area contributed by atoms with Gasteiger partial charge in [0.05, 0.1) is 5.56 Å². The van der Waals surface area contributed by atoms with E-state index < -0.39 is 11.7 Å². The fourth-order valence-corrected chi connectivity index (χ4v) is 3.07. The van der Waals surface area contributed by atoms with Crippen LogP contribution in [-0.2, 0) is 12.7 Å². The Bertz CT molecular complexity index is 619. The Morgan fingerprint density at radius 1 is 1.20 bits per heavy atom. The SMILES string of the molecule is Cc1cc(CNc2ccc(Cl)cc2C(F)(F)F)c(C)s1. The number of thiophene rings is 1. The summed E-state index contributed by atoms with van der Waals surface area (Å²) in [5, 5.41) is 2.92. The molecule has 0 fully saturated rings. The third kappa shape index (κ3) is 3.46. The number of hydrogen-bond donors (Lipinski definition) is 1. The molecule has 0 amide bonds. The number of aryl methyl sites for hydroxylation is 2. The normalized spacial score (nSPS) is 11.7. The van der Waals surface area contributed by atoms with E-state index in [0.717, 1.165) is 21.4 Å². The first-order valence-corrected chi connectivity index (χ1v) is 7.13. The molecule has 108 valence electrons. The third-order valence-electron chi connectivity index (χ3n) is 2.90. The van der Waals surface area contributed by atoms with Gasteiger partial charge in [0, 0.05) is 27.0 Å². The molecule has 0 aliphatic heterocycles. The Balaban J connectivity index is 2.23. The highest BCUT2D eigenvalue weighted by atomic mass is 35.5. The molecule has 6 heteroatoms. The minimum Gasteiger partial charge on any atom is -0.380 e. The number of nitrogens with one attached hydrogen (secondary N) is 1. The van der Waals surface area contributed by atoms with E-state index in [1.54, 1.807) is 11.3 Å². The Morgan fingerprint density at radius 3 is 2.45 bits per heavy atom. The smallest absolute Gasteiger partial charge is 0.380 e. The quantitative estimate of drug-likeness (QED) is 0.771. The molecule has 0 unspecified atom stereocenters. The molecule has 0 saturated carbocycles. The van der Waals surface area contributed by atoms with Crippen molar-refractivity contribution in [2.75, 3.05) is 5.32 Å². The molecular formula is C14H13ClF3NS. The van der Waals surface area contributed by atoms with Crippen LogP contribution in [0.25, 0.3) is 0 Å². The maximum absolute atomic E-state index is 12.9. The van der Waals surface area contributed by atoms with Gasteiger partial charge >= 0.3 is 6.18 Å². The Labute approximate surface area is 124 Å². The summed E-state index contributed by atoms with van der Waals surface area (Å²) in [6.07, 6.45) is -4.42. The second kappa shape index (κ2) is 5.66. The molecule has 2 aromatic rings. The molecule has 1 aromatic carbocycles. The lowest BCUT2D eigenvalue weighted by atomic mass is 10.1. The lowest BCUT2D eigenvalue weighted by Gasteiger charge is -2.15. The molecule has 0 bridgehead atoms. The van der Waals surface area contributed by atoms with Crippen LogP contribution < -0.4 is 5.32 Å². The van der Waals surface area contributed by atoms with Crippen molar-refractivity contribution >= 4 is 28.6 Å². The first-order chi connectivity index (χ1) is 9.27. The summed E-state index contributed by atoms with van der Waals surface area (Å²) in [6, 6.07) is 5.73. The molecule has 0 aliphatic carbocycles. The van der Waals surface area contributed by atoms with Crippen molar-refractivity contribution < 1.29 is 13.2 Å². The van der Waals surface area contributed by atoms with Crippen molar-refractivity contribution in [3.63, 3.8) is 0 Å². The monoisotopic (exact) mass is 319 g/mol. The number of anilines is 1. The van der Waals surface area contributed by atoms with E-state index >= 15 is 0 Å². The average molecular weight is 320 g/mol. The highest BCUT2D eigenvalue weighted by Gasteiger charge is 2.33. The van der Waals surface area contributed by atoms with E-state index in [1.165, 1.54) is 12.1 Å². The molecule has 0 aliphatic rings. The van der Waals surface area contributed by atoms with E-state index in [2.05, 4.69) is 5.32 Å². The van der Waals surface area contributed by atoms with Crippen molar-refractivity contribution in [2.24, 2.45) is 0 Å². The summed E-state index contributed by atoms with van der Waals surface area (Å²) >= 11 is 7.28. The van der Waals surface area contributed by atoms with Crippen LogP contribution in [0.4, 0.5) is 18.9 Å². The van der Waals surface area contributed by atoms with E-state index in [9.17, 15) is 13.2 Å². The molecule has 20 heavy (non-hydrogen) atoms. The average Bonchev–Trinajstić information content (AvgIpc) is 2.65. The first-order valence-electron chi connectivity index (χ1n) is 5.94. The molecule has 1 heterocycles.